The standard InChI is InChI=1S/C30H38N2O5S2/c1-22-10-6-7-16-27(22)30(34)31-28(18-23-11-4-3-5-12-23)29(33)21-32(20-25-14-9-17-38-25)39(35,36)26-15-8-13-24(19-26)37-2/h3-5,8-9,11-15,17,19,22,27-29,33H,6-7,10,16,18,20-21H2,1-2H3,(H,31,34)/t22-,27-,28-,29+/m0/s1. The van der Waals surface area contributed by atoms with E-state index in [4.69, 9.17) is 4.74 Å². The molecule has 0 aliphatic heterocycles. The van der Waals surface area contributed by atoms with E-state index in [0.717, 1.165) is 36.1 Å². The minimum atomic E-state index is -3.98. The molecule has 4 rings (SSSR count). The molecule has 2 N–H and O–H groups in total. The van der Waals surface area contributed by atoms with Gasteiger partial charge in [0.1, 0.15) is 5.75 Å². The summed E-state index contributed by atoms with van der Waals surface area (Å²) in [6.45, 7) is 2.05. The molecule has 4 atom stereocenters. The lowest BCUT2D eigenvalue weighted by Crippen LogP contribution is -2.52. The lowest BCUT2D eigenvalue weighted by Gasteiger charge is -2.33. The zero-order valence-corrected chi connectivity index (χ0v) is 24.2. The van der Waals surface area contributed by atoms with Gasteiger partial charge in [0.05, 0.1) is 24.2 Å². The third kappa shape index (κ3) is 7.69. The Morgan fingerprint density at radius 2 is 1.87 bits per heavy atom. The fourth-order valence-corrected chi connectivity index (χ4v) is 7.49. The Morgan fingerprint density at radius 1 is 1.10 bits per heavy atom. The van der Waals surface area contributed by atoms with Crippen LogP contribution in [0.15, 0.2) is 77.0 Å². The molecule has 1 saturated carbocycles. The normalized spacial score (nSPS) is 19.4. The summed E-state index contributed by atoms with van der Waals surface area (Å²) in [5, 5.41) is 16.6. The Hall–Kier alpha value is -2.72. The van der Waals surface area contributed by atoms with E-state index < -0.39 is 22.2 Å². The Labute approximate surface area is 235 Å². The number of carbonyl (C=O) groups excluding carboxylic acids is 1. The number of aliphatic hydroxyl groups is 1. The number of thiophene rings is 1. The highest BCUT2D eigenvalue weighted by molar-refractivity contribution is 7.89. The molecule has 0 spiro atoms. The smallest absolute Gasteiger partial charge is 0.243 e. The number of sulfonamides is 1. The van der Waals surface area contributed by atoms with Crippen LogP contribution in [-0.2, 0) is 27.8 Å². The highest BCUT2D eigenvalue weighted by Crippen LogP contribution is 2.30. The minimum Gasteiger partial charge on any atom is -0.497 e. The van der Waals surface area contributed by atoms with Gasteiger partial charge in [-0.3, -0.25) is 4.79 Å². The molecule has 210 valence electrons. The maximum atomic E-state index is 13.8. The first kappa shape index (κ1) is 29.3. The van der Waals surface area contributed by atoms with Crippen LogP contribution < -0.4 is 10.1 Å². The minimum absolute atomic E-state index is 0.0670. The van der Waals surface area contributed by atoms with Crippen LogP contribution in [0.2, 0.25) is 0 Å². The third-order valence-electron chi connectivity index (χ3n) is 7.52. The molecule has 0 unspecified atom stereocenters. The Morgan fingerprint density at radius 3 is 2.56 bits per heavy atom. The van der Waals surface area contributed by atoms with E-state index in [9.17, 15) is 18.3 Å². The number of nitrogens with one attached hydrogen (secondary N) is 1. The predicted molar refractivity (Wildman–Crippen MR) is 154 cm³/mol. The maximum Gasteiger partial charge on any atom is 0.243 e. The fraction of sp³-hybridized carbons (Fsp3) is 0.433. The van der Waals surface area contributed by atoms with Crippen molar-refractivity contribution in [1.29, 1.82) is 0 Å². The monoisotopic (exact) mass is 570 g/mol. The van der Waals surface area contributed by atoms with Crippen LogP contribution >= 0.6 is 11.3 Å². The molecule has 1 fully saturated rings. The van der Waals surface area contributed by atoms with Crippen molar-refractivity contribution in [3.8, 4) is 5.75 Å². The zero-order chi connectivity index (χ0) is 27.8. The van der Waals surface area contributed by atoms with Gasteiger partial charge in [-0.2, -0.15) is 4.31 Å². The van der Waals surface area contributed by atoms with Gasteiger partial charge in [-0.15, -0.1) is 11.3 Å². The lowest BCUT2D eigenvalue weighted by atomic mass is 9.79. The van der Waals surface area contributed by atoms with E-state index in [2.05, 4.69) is 12.2 Å². The second-order valence-electron chi connectivity index (χ2n) is 10.3. The number of hydrogen-bond acceptors (Lipinski definition) is 6. The van der Waals surface area contributed by atoms with Gasteiger partial charge in [0, 0.05) is 30.0 Å². The first-order valence-corrected chi connectivity index (χ1v) is 15.8. The Kier molecular flexibility index (Phi) is 10.2. The quantitative estimate of drug-likeness (QED) is 0.324. The molecule has 7 nitrogen and oxygen atoms in total. The molecule has 1 amide bonds. The molecule has 1 aliphatic carbocycles. The van der Waals surface area contributed by atoms with E-state index in [-0.39, 0.29) is 35.7 Å². The van der Waals surface area contributed by atoms with Crippen molar-refractivity contribution < 1.29 is 23.1 Å². The van der Waals surface area contributed by atoms with Gasteiger partial charge in [0.25, 0.3) is 0 Å². The van der Waals surface area contributed by atoms with E-state index in [1.54, 1.807) is 12.1 Å². The molecule has 1 aliphatic rings. The summed E-state index contributed by atoms with van der Waals surface area (Å²) in [7, 11) is -2.49. The average molecular weight is 571 g/mol. The number of ether oxygens (including phenoxy) is 1. The molecule has 2 aromatic carbocycles. The van der Waals surface area contributed by atoms with Crippen molar-refractivity contribution in [3.05, 3.63) is 82.6 Å². The van der Waals surface area contributed by atoms with Gasteiger partial charge in [0.15, 0.2) is 0 Å². The average Bonchev–Trinajstić information content (AvgIpc) is 3.46. The maximum absolute atomic E-state index is 13.8. The number of carbonyl (C=O) groups is 1. The van der Waals surface area contributed by atoms with Crippen molar-refractivity contribution in [3.63, 3.8) is 0 Å². The molecule has 1 heterocycles. The Balaban J connectivity index is 1.61. The van der Waals surface area contributed by atoms with Crippen molar-refractivity contribution in [1.82, 2.24) is 9.62 Å². The first-order valence-electron chi connectivity index (χ1n) is 13.5. The third-order valence-corrected chi connectivity index (χ3v) is 10.2. The van der Waals surface area contributed by atoms with Crippen LogP contribution in [-0.4, -0.2) is 49.5 Å². The molecule has 3 aromatic rings. The number of aliphatic hydroxyl groups excluding tert-OH is 1. The summed E-state index contributed by atoms with van der Waals surface area (Å²) in [5.41, 5.74) is 0.957. The molecular formula is C30H38N2O5S2. The Bertz CT molecular complexity index is 1300. The van der Waals surface area contributed by atoms with E-state index in [0.29, 0.717) is 12.2 Å². The first-order chi connectivity index (χ1) is 18.8. The van der Waals surface area contributed by atoms with Crippen molar-refractivity contribution in [2.45, 2.75) is 62.6 Å². The number of rotatable bonds is 12. The fourth-order valence-electron chi connectivity index (χ4n) is 5.22. The summed E-state index contributed by atoms with van der Waals surface area (Å²) >= 11 is 1.46. The van der Waals surface area contributed by atoms with Crippen LogP contribution in [0.1, 0.15) is 43.0 Å². The summed E-state index contributed by atoms with van der Waals surface area (Å²) < 4.78 is 34.2. The van der Waals surface area contributed by atoms with E-state index in [1.165, 1.54) is 34.9 Å². The summed E-state index contributed by atoms with van der Waals surface area (Å²) in [5.74, 6) is 0.537. The SMILES string of the molecule is COc1cccc(S(=O)(=O)N(Cc2cccs2)C[C@@H](O)[C@H](Cc2ccccc2)NC(=O)[C@H]2CCCC[C@@H]2C)c1. The number of benzene rings is 2. The molecule has 0 radical (unpaired) electrons. The van der Waals surface area contributed by atoms with Gasteiger partial charge in [-0.1, -0.05) is 62.2 Å². The van der Waals surface area contributed by atoms with Crippen LogP contribution in [0, 0.1) is 11.8 Å². The van der Waals surface area contributed by atoms with E-state index >= 15 is 0 Å². The second-order valence-corrected chi connectivity index (χ2v) is 13.3. The zero-order valence-electron chi connectivity index (χ0n) is 22.5. The number of nitrogens with zero attached hydrogens (tertiary/aromatic N) is 1. The molecule has 1 aromatic heterocycles. The van der Waals surface area contributed by atoms with Gasteiger partial charge in [0.2, 0.25) is 15.9 Å². The topological polar surface area (TPSA) is 95.9 Å². The second kappa shape index (κ2) is 13.6. The summed E-state index contributed by atoms with van der Waals surface area (Å²) in [6.07, 6.45) is 3.24. The summed E-state index contributed by atoms with van der Waals surface area (Å²) in [6, 6.07) is 19.1. The van der Waals surface area contributed by atoms with Crippen molar-refractivity contribution in [2.75, 3.05) is 13.7 Å². The molecule has 0 bridgehead atoms. The predicted octanol–water partition coefficient (Wildman–Crippen LogP) is 4.86. The van der Waals surface area contributed by atoms with Gasteiger partial charge in [-0.25, -0.2) is 8.42 Å². The molecular weight excluding hydrogens is 532 g/mol. The van der Waals surface area contributed by atoms with Crippen molar-refractivity contribution >= 4 is 27.3 Å². The lowest BCUT2D eigenvalue weighted by molar-refractivity contribution is -0.129. The van der Waals surface area contributed by atoms with Gasteiger partial charge >= 0.3 is 0 Å². The largest absolute Gasteiger partial charge is 0.497 e. The van der Waals surface area contributed by atoms with Gasteiger partial charge in [-0.05, 0) is 54.3 Å². The van der Waals surface area contributed by atoms with Crippen LogP contribution in [0.25, 0.3) is 0 Å². The highest BCUT2D eigenvalue weighted by Gasteiger charge is 2.34. The number of hydrogen-bond donors (Lipinski definition) is 2. The van der Waals surface area contributed by atoms with Crippen LogP contribution in [0.3, 0.4) is 0 Å². The van der Waals surface area contributed by atoms with Crippen molar-refractivity contribution in [2.24, 2.45) is 11.8 Å². The van der Waals surface area contributed by atoms with Gasteiger partial charge < -0.3 is 15.2 Å². The molecule has 39 heavy (non-hydrogen) atoms. The number of amides is 1. The van der Waals surface area contributed by atoms with E-state index in [1.807, 2.05) is 47.8 Å². The molecule has 9 heteroatoms. The number of methoxy groups -OCH3 is 1. The highest BCUT2D eigenvalue weighted by atomic mass is 32.2. The van der Waals surface area contributed by atoms with Crippen LogP contribution in [0.4, 0.5) is 0 Å². The van der Waals surface area contributed by atoms with Crippen LogP contribution in [0.5, 0.6) is 5.75 Å². The summed E-state index contributed by atoms with van der Waals surface area (Å²) in [4.78, 5) is 14.3. The molecule has 0 saturated heterocycles.